The van der Waals surface area contributed by atoms with E-state index in [0.717, 1.165) is 19.4 Å². The van der Waals surface area contributed by atoms with Gasteiger partial charge in [0.25, 0.3) is 15.0 Å². The molecule has 110 valence electrons. The van der Waals surface area contributed by atoms with Crippen molar-refractivity contribution in [2.24, 2.45) is 5.92 Å². The van der Waals surface area contributed by atoms with Crippen molar-refractivity contribution in [1.82, 2.24) is 4.90 Å². The third-order valence-corrected chi connectivity index (χ3v) is 5.13. The number of hydrogen-bond acceptors (Lipinski definition) is 3. The fourth-order valence-corrected chi connectivity index (χ4v) is 3.27. The lowest BCUT2D eigenvalue weighted by Gasteiger charge is -2.36. The minimum absolute atomic E-state index is 0.00998. The molecule has 0 spiro atoms. The van der Waals surface area contributed by atoms with Gasteiger partial charge in [-0.2, -0.15) is 0 Å². The van der Waals surface area contributed by atoms with E-state index in [9.17, 15) is 13.2 Å². The molecule has 1 fully saturated rings. The molecule has 1 aromatic rings. The Hall–Kier alpha value is -1.07. The molecule has 1 aliphatic heterocycles. The van der Waals surface area contributed by atoms with Gasteiger partial charge in [0.05, 0.1) is 4.90 Å². The van der Waals surface area contributed by atoms with Gasteiger partial charge in [-0.25, -0.2) is 8.42 Å². The maximum Gasteiger partial charge on any atom is 0.261 e. The predicted molar refractivity (Wildman–Crippen MR) is 78.4 cm³/mol. The molecule has 0 aliphatic carbocycles. The largest absolute Gasteiger partial charge is 0.336 e. The van der Waals surface area contributed by atoms with E-state index in [2.05, 4.69) is 6.92 Å². The third-order valence-electron chi connectivity index (χ3n) is 3.76. The molecule has 0 saturated carbocycles. The van der Waals surface area contributed by atoms with Crippen LogP contribution in [0.15, 0.2) is 29.2 Å². The maximum atomic E-state index is 12.5. The van der Waals surface area contributed by atoms with Crippen LogP contribution in [0.2, 0.25) is 0 Å². The second-order valence-electron chi connectivity index (χ2n) is 5.45. The van der Waals surface area contributed by atoms with Gasteiger partial charge in [0, 0.05) is 28.8 Å². The van der Waals surface area contributed by atoms with Gasteiger partial charge in [0.15, 0.2) is 0 Å². The van der Waals surface area contributed by atoms with E-state index >= 15 is 0 Å². The molecule has 2 rings (SSSR count). The molecule has 1 heterocycles. The molecule has 6 heteroatoms. The highest BCUT2D eigenvalue weighted by atomic mass is 35.7. The van der Waals surface area contributed by atoms with Crippen molar-refractivity contribution in [1.29, 1.82) is 0 Å². The number of halogens is 1. The summed E-state index contributed by atoms with van der Waals surface area (Å²) in [6.45, 7) is 4.92. The van der Waals surface area contributed by atoms with E-state index < -0.39 is 9.05 Å². The second kappa shape index (κ2) is 5.74. The lowest BCUT2D eigenvalue weighted by atomic mass is 9.94. The quantitative estimate of drug-likeness (QED) is 0.789. The van der Waals surface area contributed by atoms with Gasteiger partial charge >= 0.3 is 0 Å². The fraction of sp³-hybridized carbons (Fsp3) is 0.500. The summed E-state index contributed by atoms with van der Waals surface area (Å²) >= 11 is 0. The molecule has 1 aliphatic rings. The zero-order valence-electron chi connectivity index (χ0n) is 11.5. The summed E-state index contributed by atoms with van der Waals surface area (Å²) in [5.41, 5.74) is 0.495. The summed E-state index contributed by atoms with van der Waals surface area (Å²) in [6.07, 6.45) is 2.13. The summed E-state index contributed by atoms with van der Waals surface area (Å²) in [5, 5.41) is 0. The number of piperidine rings is 1. The van der Waals surface area contributed by atoms with Crippen LogP contribution < -0.4 is 0 Å². The average molecular weight is 316 g/mol. The van der Waals surface area contributed by atoms with Gasteiger partial charge in [-0.3, -0.25) is 4.79 Å². The van der Waals surface area contributed by atoms with E-state index in [1.807, 2.05) is 11.8 Å². The van der Waals surface area contributed by atoms with Crippen molar-refractivity contribution in [2.75, 3.05) is 6.54 Å². The summed E-state index contributed by atoms with van der Waals surface area (Å²) in [4.78, 5) is 14.3. The highest BCUT2D eigenvalue weighted by Gasteiger charge is 2.27. The molecule has 0 N–H and O–H groups in total. The van der Waals surface area contributed by atoms with Crippen molar-refractivity contribution in [3.05, 3.63) is 29.8 Å². The Morgan fingerprint density at radius 3 is 2.35 bits per heavy atom. The highest BCUT2D eigenvalue weighted by molar-refractivity contribution is 8.13. The normalized spacial score (nSPS) is 23.6. The lowest BCUT2D eigenvalue weighted by molar-refractivity contribution is 0.0574. The van der Waals surface area contributed by atoms with Crippen molar-refractivity contribution >= 4 is 25.6 Å². The summed E-state index contributed by atoms with van der Waals surface area (Å²) in [6, 6.07) is 5.99. The summed E-state index contributed by atoms with van der Waals surface area (Å²) in [5.74, 6) is 0.445. The monoisotopic (exact) mass is 315 g/mol. The number of likely N-dealkylation sites (tertiary alicyclic amines) is 1. The van der Waals surface area contributed by atoms with Crippen molar-refractivity contribution in [2.45, 2.75) is 37.6 Å². The van der Waals surface area contributed by atoms with Gasteiger partial charge in [0.2, 0.25) is 0 Å². The minimum Gasteiger partial charge on any atom is -0.336 e. The van der Waals surface area contributed by atoms with Crippen molar-refractivity contribution < 1.29 is 13.2 Å². The first kappa shape index (κ1) is 15.3. The maximum absolute atomic E-state index is 12.5. The van der Waals surface area contributed by atoms with E-state index in [1.54, 1.807) is 0 Å². The zero-order valence-corrected chi connectivity index (χ0v) is 13.1. The van der Waals surface area contributed by atoms with Crippen LogP contribution in [-0.2, 0) is 9.05 Å². The Morgan fingerprint density at radius 1 is 1.20 bits per heavy atom. The Labute approximate surface area is 124 Å². The first-order valence-electron chi connectivity index (χ1n) is 6.64. The molecule has 1 saturated heterocycles. The Kier molecular flexibility index (Phi) is 4.39. The van der Waals surface area contributed by atoms with Crippen molar-refractivity contribution in [3.63, 3.8) is 0 Å². The molecular formula is C14H18ClNO3S. The molecular weight excluding hydrogens is 298 g/mol. The van der Waals surface area contributed by atoms with E-state index in [4.69, 9.17) is 10.7 Å². The number of benzene rings is 1. The van der Waals surface area contributed by atoms with Gasteiger partial charge in [0.1, 0.15) is 0 Å². The molecule has 1 aromatic carbocycles. The first-order chi connectivity index (χ1) is 9.29. The molecule has 20 heavy (non-hydrogen) atoms. The van der Waals surface area contributed by atoms with E-state index in [-0.39, 0.29) is 16.8 Å². The van der Waals surface area contributed by atoms with Crippen LogP contribution in [0.5, 0.6) is 0 Å². The van der Waals surface area contributed by atoms with Crippen LogP contribution in [0.4, 0.5) is 0 Å². The van der Waals surface area contributed by atoms with E-state index in [0.29, 0.717) is 11.5 Å². The number of amides is 1. The topological polar surface area (TPSA) is 54.5 Å². The van der Waals surface area contributed by atoms with Crippen LogP contribution in [0.1, 0.15) is 37.0 Å². The standard InChI is InChI=1S/C14H18ClNO3S/c1-10-3-4-11(2)16(9-10)14(17)12-5-7-13(8-6-12)20(15,18)19/h5-8,10-11H,3-4,9H2,1-2H3. The molecule has 2 atom stereocenters. The zero-order chi connectivity index (χ0) is 14.9. The smallest absolute Gasteiger partial charge is 0.261 e. The van der Waals surface area contributed by atoms with Gasteiger partial charge < -0.3 is 4.90 Å². The first-order valence-corrected chi connectivity index (χ1v) is 8.95. The van der Waals surface area contributed by atoms with Crippen LogP contribution >= 0.6 is 10.7 Å². The molecule has 0 radical (unpaired) electrons. The number of carbonyl (C=O) groups excluding carboxylic acids is 1. The number of nitrogens with zero attached hydrogens (tertiary/aromatic N) is 1. The number of rotatable bonds is 2. The van der Waals surface area contributed by atoms with E-state index in [1.165, 1.54) is 24.3 Å². The Balaban J connectivity index is 2.21. The Bertz CT molecular complexity index is 597. The van der Waals surface area contributed by atoms with Crippen molar-refractivity contribution in [3.8, 4) is 0 Å². The second-order valence-corrected chi connectivity index (χ2v) is 8.02. The lowest BCUT2D eigenvalue weighted by Crippen LogP contribution is -2.44. The molecule has 0 aromatic heterocycles. The Morgan fingerprint density at radius 2 is 1.80 bits per heavy atom. The summed E-state index contributed by atoms with van der Waals surface area (Å²) in [7, 11) is 1.52. The number of carbonyl (C=O) groups is 1. The average Bonchev–Trinajstić information content (AvgIpc) is 2.40. The highest BCUT2D eigenvalue weighted by Crippen LogP contribution is 2.24. The molecule has 4 nitrogen and oxygen atoms in total. The fourth-order valence-electron chi connectivity index (χ4n) is 2.50. The van der Waals surface area contributed by atoms with Gasteiger partial charge in [-0.1, -0.05) is 6.92 Å². The van der Waals surface area contributed by atoms with Gasteiger partial charge in [-0.15, -0.1) is 0 Å². The third kappa shape index (κ3) is 3.33. The van der Waals surface area contributed by atoms with Gasteiger partial charge in [-0.05, 0) is 49.9 Å². The number of hydrogen-bond donors (Lipinski definition) is 0. The molecule has 1 amide bonds. The minimum atomic E-state index is -3.74. The molecule has 0 bridgehead atoms. The SMILES string of the molecule is CC1CCC(C)N(C(=O)c2ccc(S(=O)(=O)Cl)cc2)C1. The molecule has 2 unspecified atom stereocenters. The van der Waals surface area contributed by atoms with Crippen LogP contribution in [-0.4, -0.2) is 31.8 Å². The van der Waals surface area contributed by atoms with Crippen LogP contribution in [0.3, 0.4) is 0 Å². The summed E-state index contributed by atoms with van der Waals surface area (Å²) < 4.78 is 22.4. The van der Waals surface area contributed by atoms with Crippen LogP contribution in [0.25, 0.3) is 0 Å². The predicted octanol–water partition coefficient (Wildman–Crippen LogP) is 2.87. The van der Waals surface area contributed by atoms with Crippen LogP contribution in [0, 0.1) is 5.92 Å².